The zero-order valence-corrected chi connectivity index (χ0v) is 18.5. The van der Waals surface area contributed by atoms with Gasteiger partial charge in [0, 0.05) is 28.7 Å². The molecule has 0 aliphatic heterocycles. The third-order valence-electron chi connectivity index (χ3n) is 8.48. The van der Waals surface area contributed by atoms with Crippen LogP contribution in [0, 0.1) is 23.6 Å². The van der Waals surface area contributed by atoms with Crippen molar-refractivity contribution in [3.05, 3.63) is 35.3 Å². The normalized spacial score (nSPS) is 32.8. The molecule has 0 spiro atoms. The number of β-amino-alcohol motifs (C(OH)–C–C–N with tert-alkyl or cyclic N) is 1. The van der Waals surface area contributed by atoms with Crippen molar-refractivity contribution in [2.75, 3.05) is 6.54 Å². The number of hydrogen-bond acceptors (Lipinski definition) is 2. The van der Waals surface area contributed by atoms with Crippen LogP contribution in [-0.2, 0) is 19.4 Å². The molecule has 4 saturated carbocycles. The van der Waals surface area contributed by atoms with Crippen molar-refractivity contribution in [1.29, 1.82) is 0 Å². The van der Waals surface area contributed by atoms with Gasteiger partial charge in [-0.3, -0.25) is 0 Å². The second-order valence-corrected chi connectivity index (χ2v) is 10.6. The summed E-state index contributed by atoms with van der Waals surface area (Å²) in [6, 6.07) is 5.16. The summed E-state index contributed by atoms with van der Waals surface area (Å²) in [5, 5.41) is 15.9. The van der Waals surface area contributed by atoms with Crippen LogP contribution < -0.4 is 5.32 Å². The fraction of sp³-hybridized carbons (Fsp3) is 0.680. The van der Waals surface area contributed by atoms with Gasteiger partial charge in [-0.2, -0.15) is 0 Å². The molecule has 0 radical (unpaired) electrons. The molecule has 3 nitrogen and oxygen atoms in total. The maximum absolute atomic E-state index is 13.9. The fourth-order valence-corrected chi connectivity index (χ4v) is 7.75. The highest BCUT2D eigenvalue weighted by molar-refractivity contribution is 5.86. The smallest absolute Gasteiger partial charge is 0.123 e. The van der Waals surface area contributed by atoms with E-state index in [9.17, 15) is 9.50 Å². The summed E-state index contributed by atoms with van der Waals surface area (Å²) in [5.74, 6) is 2.59. The molecule has 1 aromatic carbocycles. The fourth-order valence-electron chi connectivity index (χ4n) is 7.75. The third-order valence-corrected chi connectivity index (χ3v) is 8.48. The summed E-state index contributed by atoms with van der Waals surface area (Å²) >= 11 is 0. The number of aliphatic hydroxyl groups excluding tert-OH is 1. The van der Waals surface area contributed by atoms with E-state index in [0.717, 1.165) is 41.5 Å². The Morgan fingerprint density at radius 2 is 1.73 bits per heavy atom. The van der Waals surface area contributed by atoms with Crippen LogP contribution in [0.2, 0.25) is 0 Å². The second kappa shape index (κ2) is 7.79. The highest BCUT2D eigenvalue weighted by Crippen LogP contribution is 2.55. The minimum Gasteiger partial charge on any atom is -0.390 e. The van der Waals surface area contributed by atoms with E-state index in [1.54, 1.807) is 12.1 Å². The van der Waals surface area contributed by atoms with Crippen LogP contribution >= 0.6 is 12.4 Å². The summed E-state index contributed by atoms with van der Waals surface area (Å²) in [6.45, 7) is 1.28. The Balaban J connectivity index is 0.00000193. The molecule has 30 heavy (non-hydrogen) atoms. The number of fused-ring (bicyclic) bond motifs is 3. The van der Waals surface area contributed by atoms with Crippen molar-refractivity contribution in [1.82, 2.24) is 9.88 Å². The van der Waals surface area contributed by atoms with E-state index >= 15 is 0 Å². The van der Waals surface area contributed by atoms with Gasteiger partial charge < -0.3 is 15.0 Å². The van der Waals surface area contributed by atoms with Gasteiger partial charge in [0.1, 0.15) is 5.82 Å². The topological polar surface area (TPSA) is 37.2 Å². The average Bonchev–Trinajstić information content (AvgIpc) is 2.99. The molecular weight excluding hydrogens is 399 g/mol. The van der Waals surface area contributed by atoms with Crippen LogP contribution in [0.4, 0.5) is 4.39 Å². The maximum atomic E-state index is 13.9. The molecule has 0 amide bonds. The Kier molecular flexibility index (Phi) is 5.40. The van der Waals surface area contributed by atoms with Crippen molar-refractivity contribution in [2.45, 2.75) is 82.4 Å². The third kappa shape index (κ3) is 3.49. The molecule has 1 heterocycles. The predicted molar refractivity (Wildman–Crippen MR) is 121 cm³/mol. The monoisotopic (exact) mass is 432 g/mol. The van der Waals surface area contributed by atoms with Crippen LogP contribution in [0.15, 0.2) is 18.2 Å². The molecule has 5 aliphatic carbocycles. The Hall–Kier alpha value is -1.10. The maximum Gasteiger partial charge on any atom is 0.123 e. The lowest BCUT2D eigenvalue weighted by molar-refractivity contribution is -0.0253. The minimum atomic E-state index is -0.408. The van der Waals surface area contributed by atoms with Gasteiger partial charge in [0.2, 0.25) is 0 Å². The average molecular weight is 433 g/mol. The Bertz CT molecular complexity index is 904. The van der Waals surface area contributed by atoms with Crippen molar-refractivity contribution in [2.24, 2.45) is 17.8 Å². The van der Waals surface area contributed by atoms with Crippen LogP contribution in [-0.4, -0.2) is 27.9 Å². The first kappa shape index (κ1) is 20.8. The largest absolute Gasteiger partial charge is 0.390 e. The summed E-state index contributed by atoms with van der Waals surface area (Å²) in [4.78, 5) is 0. The van der Waals surface area contributed by atoms with Gasteiger partial charge in [-0.15, -0.1) is 12.4 Å². The molecule has 4 fully saturated rings. The summed E-state index contributed by atoms with van der Waals surface area (Å²) in [6.07, 6.45) is 12.3. The van der Waals surface area contributed by atoms with E-state index in [-0.39, 0.29) is 23.8 Å². The number of rotatable bonds is 5. The van der Waals surface area contributed by atoms with Crippen molar-refractivity contribution < 1.29 is 9.50 Å². The van der Waals surface area contributed by atoms with E-state index in [2.05, 4.69) is 9.88 Å². The quantitative estimate of drug-likeness (QED) is 0.697. The lowest BCUT2D eigenvalue weighted by atomic mass is 9.53. The first-order chi connectivity index (χ1) is 14.1. The number of nitrogens with one attached hydrogen (secondary N) is 1. The highest BCUT2D eigenvalue weighted by atomic mass is 35.5. The predicted octanol–water partition coefficient (Wildman–Crippen LogP) is 5.00. The van der Waals surface area contributed by atoms with Crippen LogP contribution in [0.3, 0.4) is 0 Å². The number of hydrogen-bond donors (Lipinski definition) is 2. The van der Waals surface area contributed by atoms with Crippen LogP contribution in [0.1, 0.15) is 62.6 Å². The number of aryl methyl sites for hydroxylation is 1. The van der Waals surface area contributed by atoms with Gasteiger partial charge in [0.25, 0.3) is 0 Å². The summed E-state index contributed by atoms with van der Waals surface area (Å²) in [7, 11) is 0. The van der Waals surface area contributed by atoms with E-state index in [1.807, 2.05) is 6.07 Å². The molecule has 5 heteroatoms. The zero-order chi connectivity index (χ0) is 19.6. The molecule has 1 atom stereocenters. The van der Waals surface area contributed by atoms with Gasteiger partial charge in [-0.1, -0.05) is 0 Å². The molecule has 164 valence electrons. The van der Waals surface area contributed by atoms with Gasteiger partial charge in [0.15, 0.2) is 0 Å². The van der Waals surface area contributed by atoms with Crippen molar-refractivity contribution in [3.63, 3.8) is 0 Å². The molecule has 1 aromatic heterocycles. The number of aliphatic hydroxyl groups is 1. The highest BCUT2D eigenvalue weighted by Gasteiger charge is 2.50. The summed E-state index contributed by atoms with van der Waals surface area (Å²) in [5.41, 5.74) is 4.02. The lowest BCUT2D eigenvalue weighted by Crippen LogP contribution is -2.59. The number of halogens is 2. The second-order valence-electron chi connectivity index (χ2n) is 10.6. The molecule has 2 aromatic rings. The van der Waals surface area contributed by atoms with E-state index < -0.39 is 6.10 Å². The van der Waals surface area contributed by atoms with Crippen LogP contribution in [0.5, 0.6) is 0 Å². The minimum absolute atomic E-state index is 0. The Labute approximate surface area is 184 Å². The van der Waals surface area contributed by atoms with Gasteiger partial charge in [-0.05, 0) is 106 Å². The van der Waals surface area contributed by atoms with Crippen molar-refractivity contribution in [3.8, 4) is 0 Å². The zero-order valence-electron chi connectivity index (χ0n) is 17.7. The number of benzene rings is 1. The SMILES string of the molecule is Cl.OC(CNC12CC3CC(CC(C3)C1)C2)Cn1c2c(c3cc(F)ccc31)CCCC2. The number of nitrogens with zero attached hydrogens (tertiary/aromatic N) is 1. The Morgan fingerprint density at radius 1 is 1.07 bits per heavy atom. The van der Waals surface area contributed by atoms with E-state index in [4.69, 9.17) is 0 Å². The Morgan fingerprint density at radius 3 is 2.43 bits per heavy atom. The van der Waals surface area contributed by atoms with Crippen LogP contribution in [0.25, 0.3) is 10.9 Å². The first-order valence-electron chi connectivity index (χ1n) is 11.8. The van der Waals surface area contributed by atoms with Gasteiger partial charge >= 0.3 is 0 Å². The molecular formula is C25H34ClFN2O. The summed E-state index contributed by atoms with van der Waals surface area (Å²) < 4.78 is 16.2. The molecule has 2 N–H and O–H groups in total. The van der Waals surface area contributed by atoms with Gasteiger partial charge in [0.05, 0.1) is 12.6 Å². The standard InChI is InChI=1S/C25H33FN2O.ClH/c26-19-5-6-24-22(10-19)21-3-1-2-4-23(21)28(24)15-20(29)14-27-25-11-16-7-17(12-25)9-18(8-16)13-25;/h5-6,10,16-18,20,27,29H,1-4,7-9,11-15H2;1H. The molecule has 7 rings (SSSR count). The first-order valence-corrected chi connectivity index (χ1v) is 11.8. The van der Waals surface area contributed by atoms with Gasteiger partial charge in [-0.25, -0.2) is 4.39 Å². The van der Waals surface area contributed by atoms with E-state index in [0.29, 0.717) is 13.1 Å². The molecule has 1 unspecified atom stereocenters. The molecule has 0 saturated heterocycles. The lowest BCUT2D eigenvalue weighted by Gasteiger charge is -2.57. The van der Waals surface area contributed by atoms with Crippen molar-refractivity contribution >= 4 is 23.3 Å². The molecule has 4 bridgehead atoms. The number of aromatic nitrogens is 1. The molecule has 5 aliphatic rings. The van der Waals surface area contributed by atoms with E-state index in [1.165, 1.54) is 62.6 Å².